The number of hydrogen-bond donors (Lipinski definition) is 3. The average molecular weight is 346 g/mol. The van der Waals surface area contributed by atoms with Crippen molar-refractivity contribution in [1.82, 2.24) is 16.0 Å². The van der Waals surface area contributed by atoms with Crippen LogP contribution in [0.4, 0.5) is 0 Å². The maximum atomic E-state index is 12.3. The second kappa shape index (κ2) is 9.35. The van der Waals surface area contributed by atoms with Crippen LogP contribution in [0.25, 0.3) is 0 Å². The Kier molecular flexibility index (Phi) is 7.45. The molecule has 1 aliphatic rings. The van der Waals surface area contributed by atoms with Crippen molar-refractivity contribution in [2.24, 2.45) is 11.8 Å². The van der Waals surface area contributed by atoms with Crippen molar-refractivity contribution in [1.29, 1.82) is 0 Å². The van der Waals surface area contributed by atoms with Crippen molar-refractivity contribution in [2.75, 3.05) is 19.6 Å². The lowest BCUT2D eigenvalue weighted by atomic mass is 9.84. The van der Waals surface area contributed by atoms with Crippen LogP contribution in [0, 0.1) is 11.8 Å². The molecule has 0 saturated carbocycles. The standard InChI is InChI=1S/C21H35N3O/c1-16(18-10-12-22-13-11-18)14-20(25)23-15-21(3,4)24-17(2)19-8-6-5-7-9-19/h5-9,16-18,22,24H,10-15H2,1-4H3,(H,23,25). The van der Waals surface area contributed by atoms with Crippen molar-refractivity contribution in [2.45, 2.75) is 58.5 Å². The summed E-state index contributed by atoms with van der Waals surface area (Å²) in [7, 11) is 0. The van der Waals surface area contributed by atoms with Crippen LogP contribution in [0.5, 0.6) is 0 Å². The van der Waals surface area contributed by atoms with E-state index in [2.05, 4.69) is 67.9 Å². The third-order valence-electron chi connectivity index (χ3n) is 5.33. The van der Waals surface area contributed by atoms with Gasteiger partial charge in [0.15, 0.2) is 0 Å². The van der Waals surface area contributed by atoms with Crippen molar-refractivity contribution >= 4 is 5.91 Å². The fraction of sp³-hybridized carbons (Fsp3) is 0.667. The van der Waals surface area contributed by atoms with Gasteiger partial charge in [0.05, 0.1) is 0 Å². The molecule has 140 valence electrons. The molecular weight excluding hydrogens is 310 g/mol. The highest BCUT2D eigenvalue weighted by Gasteiger charge is 2.24. The third-order valence-corrected chi connectivity index (χ3v) is 5.33. The van der Waals surface area contributed by atoms with Crippen molar-refractivity contribution in [3.8, 4) is 0 Å². The molecule has 0 radical (unpaired) electrons. The van der Waals surface area contributed by atoms with Gasteiger partial charge in [0.25, 0.3) is 0 Å². The number of nitrogens with one attached hydrogen (secondary N) is 3. The molecule has 4 heteroatoms. The van der Waals surface area contributed by atoms with E-state index in [9.17, 15) is 4.79 Å². The largest absolute Gasteiger partial charge is 0.354 e. The number of rotatable bonds is 8. The second-order valence-corrected chi connectivity index (χ2v) is 8.21. The second-order valence-electron chi connectivity index (χ2n) is 8.21. The highest BCUT2D eigenvalue weighted by molar-refractivity contribution is 5.76. The van der Waals surface area contributed by atoms with Gasteiger partial charge < -0.3 is 16.0 Å². The maximum Gasteiger partial charge on any atom is 0.220 e. The number of amides is 1. The molecule has 3 N–H and O–H groups in total. The minimum Gasteiger partial charge on any atom is -0.354 e. The molecule has 1 heterocycles. The Bertz CT molecular complexity index is 523. The van der Waals surface area contributed by atoms with Gasteiger partial charge in [-0.1, -0.05) is 37.3 Å². The summed E-state index contributed by atoms with van der Waals surface area (Å²) in [4.78, 5) is 12.3. The zero-order valence-corrected chi connectivity index (χ0v) is 16.3. The van der Waals surface area contributed by atoms with Gasteiger partial charge in [-0.25, -0.2) is 0 Å². The average Bonchev–Trinajstić information content (AvgIpc) is 2.61. The van der Waals surface area contributed by atoms with Gasteiger partial charge in [-0.2, -0.15) is 0 Å². The molecule has 0 bridgehead atoms. The first-order valence-corrected chi connectivity index (χ1v) is 9.67. The lowest BCUT2D eigenvalue weighted by Gasteiger charge is -2.31. The molecule has 1 aliphatic heterocycles. The lowest BCUT2D eigenvalue weighted by molar-refractivity contribution is -0.122. The molecule has 1 fully saturated rings. The molecule has 0 spiro atoms. The van der Waals surface area contributed by atoms with Crippen LogP contribution in [0.3, 0.4) is 0 Å². The highest BCUT2D eigenvalue weighted by Crippen LogP contribution is 2.24. The maximum absolute atomic E-state index is 12.3. The van der Waals surface area contributed by atoms with E-state index in [-0.39, 0.29) is 17.5 Å². The van der Waals surface area contributed by atoms with E-state index in [1.54, 1.807) is 0 Å². The summed E-state index contributed by atoms with van der Waals surface area (Å²) in [5.41, 5.74) is 1.12. The Balaban J connectivity index is 1.75. The first kappa shape index (κ1) is 19.9. The summed E-state index contributed by atoms with van der Waals surface area (Å²) in [5, 5.41) is 10.1. The zero-order chi connectivity index (χ0) is 18.3. The van der Waals surface area contributed by atoms with Crippen molar-refractivity contribution in [3.63, 3.8) is 0 Å². The van der Waals surface area contributed by atoms with E-state index in [0.29, 0.717) is 24.8 Å². The predicted molar refractivity (Wildman–Crippen MR) is 104 cm³/mol. The first-order valence-electron chi connectivity index (χ1n) is 9.67. The van der Waals surface area contributed by atoms with Crippen molar-refractivity contribution < 1.29 is 4.79 Å². The molecule has 0 aromatic heterocycles. The molecule has 2 rings (SSSR count). The quantitative estimate of drug-likeness (QED) is 0.678. The van der Waals surface area contributed by atoms with E-state index >= 15 is 0 Å². The summed E-state index contributed by atoms with van der Waals surface area (Å²) in [6.45, 7) is 11.5. The third kappa shape index (κ3) is 6.79. The Hall–Kier alpha value is -1.39. The number of carbonyl (C=O) groups excluding carboxylic acids is 1. The van der Waals surface area contributed by atoms with Crippen LogP contribution >= 0.6 is 0 Å². The molecule has 1 amide bonds. The predicted octanol–water partition coefficient (Wildman–Crippen LogP) is 3.26. The summed E-state index contributed by atoms with van der Waals surface area (Å²) in [6, 6.07) is 10.7. The molecule has 1 aromatic carbocycles. The summed E-state index contributed by atoms with van der Waals surface area (Å²) >= 11 is 0. The van der Waals surface area contributed by atoms with Crippen LogP contribution in [0.15, 0.2) is 30.3 Å². The smallest absolute Gasteiger partial charge is 0.220 e. The summed E-state index contributed by atoms with van der Waals surface area (Å²) in [5.74, 6) is 1.31. The van der Waals surface area contributed by atoms with Crippen LogP contribution in [0.2, 0.25) is 0 Å². The van der Waals surface area contributed by atoms with Crippen LogP contribution in [-0.4, -0.2) is 31.1 Å². The minimum atomic E-state index is -0.150. The molecular formula is C21H35N3O. The summed E-state index contributed by atoms with van der Waals surface area (Å²) < 4.78 is 0. The Morgan fingerprint density at radius 1 is 1.20 bits per heavy atom. The molecule has 1 saturated heterocycles. The number of hydrogen-bond acceptors (Lipinski definition) is 3. The molecule has 25 heavy (non-hydrogen) atoms. The van der Waals surface area contributed by atoms with Crippen LogP contribution < -0.4 is 16.0 Å². The van der Waals surface area contributed by atoms with Gasteiger partial charge >= 0.3 is 0 Å². The Labute approximate surface area is 153 Å². The van der Waals surface area contributed by atoms with Gasteiger partial charge in [-0.05, 0) is 64.1 Å². The fourth-order valence-corrected chi connectivity index (χ4v) is 3.73. The number of piperidine rings is 1. The normalized spacial score (nSPS) is 18.6. The van der Waals surface area contributed by atoms with E-state index in [1.807, 2.05) is 6.07 Å². The zero-order valence-electron chi connectivity index (χ0n) is 16.3. The molecule has 4 nitrogen and oxygen atoms in total. The highest BCUT2D eigenvalue weighted by atomic mass is 16.1. The minimum absolute atomic E-state index is 0.150. The molecule has 2 unspecified atom stereocenters. The van der Waals surface area contributed by atoms with E-state index < -0.39 is 0 Å². The van der Waals surface area contributed by atoms with Gasteiger partial charge in [0.2, 0.25) is 5.91 Å². The van der Waals surface area contributed by atoms with Gasteiger partial charge in [-0.3, -0.25) is 4.79 Å². The van der Waals surface area contributed by atoms with Gasteiger partial charge in [0.1, 0.15) is 0 Å². The Morgan fingerprint density at radius 2 is 1.84 bits per heavy atom. The van der Waals surface area contributed by atoms with Gasteiger partial charge in [-0.15, -0.1) is 0 Å². The van der Waals surface area contributed by atoms with Gasteiger partial charge in [0, 0.05) is 24.5 Å². The molecule has 2 atom stereocenters. The van der Waals surface area contributed by atoms with Crippen LogP contribution in [0.1, 0.15) is 58.6 Å². The first-order chi connectivity index (χ1) is 11.9. The monoisotopic (exact) mass is 345 g/mol. The number of benzene rings is 1. The topological polar surface area (TPSA) is 53.2 Å². The fourth-order valence-electron chi connectivity index (χ4n) is 3.73. The lowest BCUT2D eigenvalue weighted by Crippen LogP contribution is -2.50. The van der Waals surface area contributed by atoms with E-state index in [0.717, 1.165) is 13.1 Å². The summed E-state index contributed by atoms with van der Waals surface area (Å²) in [6.07, 6.45) is 3.02. The molecule has 0 aliphatic carbocycles. The van der Waals surface area contributed by atoms with Crippen LogP contribution in [-0.2, 0) is 4.79 Å². The molecule has 1 aromatic rings. The van der Waals surface area contributed by atoms with E-state index in [4.69, 9.17) is 0 Å². The Morgan fingerprint density at radius 3 is 2.48 bits per heavy atom. The van der Waals surface area contributed by atoms with E-state index in [1.165, 1.54) is 18.4 Å². The number of carbonyl (C=O) groups is 1. The van der Waals surface area contributed by atoms with Crippen molar-refractivity contribution in [3.05, 3.63) is 35.9 Å². The SMILES string of the molecule is CC(NC(C)(C)CNC(=O)CC(C)C1CCNCC1)c1ccccc1.